The molecule has 0 bridgehead atoms. The van der Waals surface area contributed by atoms with Crippen LogP contribution in [0.3, 0.4) is 0 Å². The predicted octanol–water partition coefficient (Wildman–Crippen LogP) is 2.24. The van der Waals surface area contributed by atoms with Crippen molar-refractivity contribution in [1.82, 2.24) is 10.6 Å². The molecule has 0 saturated carbocycles. The van der Waals surface area contributed by atoms with Gasteiger partial charge in [-0.3, -0.25) is 9.59 Å². The number of hydrogen-bond donors (Lipinski definition) is 3. The zero-order valence-electron chi connectivity index (χ0n) is 13.8. The smallest absolute Gasteiger partial charge is 0.291 e. The Bertz CT molecular complexity index is 695. The first-order valence-corrected chi connectivity index (χ1v) is 9.38. The first-order chi connectivity index (χ1) is 12.2. The molecule has 25 heavy (non-hydrogen) atoms. The number of anilines is 1. The molecule has 2 amide bonds. The van der Waals surface area contributed by atoms with Crippen molar-refractivity contribution >= 4 is 29.3 Å². The van der Waals surface area contributed by atoms with Gasteiger partial charge >= 0.3 is 0 Å². The molecule has 1 aliphatic heterocycles. The highest BCUT2D eigenvalue weighted by atomic mass is 32.2. The lowest BCUT2D eigenvalue weighted by atomic mass is 10.2. The van der Waals surface area contributed by atoms with E-state index in [1.807, 2.05) is 36.0 Å². The van der Waals surface area contributed by atoms with E-state index < -0.39 is 0 Å². The maximum atomic E-state index is 12.0. The lowest BCUT2D eigenvalue weighted by Crippen LogP contribution is -2.41. The van der Waals surface area contributed by atoms with Crippen molar-refractivity contribution in [2.45, 2.75) is 19.0 Å². The Morgan fingerprint density at radius 2 is 2.08 bits per heavy atom. The van der Waals surface area contributed by atoms with Crippen molar-refractivity contribution in [2.24, 2.45) is 0 Å². The van der Waals surface area contributed by atoms with E-state index in [4.69, 9.17) is 4.42 Å². The molecule has 1 aromatic carbocycles. The molecule has 6 nitrogen and oxygen atoms in total. The Balaban J connectivity index is 1.44. The molecule has 0 spiro atoms. The molecule has 1 aromatic heterocycles. The van der Waals surface area contributed by atoms with Crippen LogP contribution in [0.1, 0.15) is 22.5 Å². The number of benzene rings is 1. The van der Waals surface area contributed by atoms with E-state index in [2.05, 4.69) is 16.0 Å². The number of nitrogens with one attached hydrogen (secondary N) is 3. The van der Waals surface area contributed by atoms with Gasteiger partial charge in [-0.05, 0) is 29.8 Å². The Morgan fingerprint density at radius 3 is 2.76 bits per heavy atom. The minimum atomic E-state index is -0.288. The summed E-state index contributed by atoms with van der Waals surface area (Å²) in [5.41, 5.74) is 1.66. The predicted molar refractivity (Wildman–Crippen MR) is 98.7 cm³/mol. The number of carbonyl (C=O) groups is 2. The average Bonchev–Trinajstić information content (AvgIpc) is 3.17. The largest absolute Gasteiger partial charge is 0.459 e. The second kappa shape index (κ2) is 8.73. The van der Waals surface area contributed by atoms with E-state index in [1.165, 1.54) is 6.26 Å². The maximum Gasteiger partial charge on any atom is 0.291 e. The maximum absolute atomic E-state index is 12.0. The molecular formula is C18H21N3O3S. The highest BCUT2D eigenvalue weighted by Gasteiger charge is 2.16. The van der Waals surface area contributed by atoms with Gasteiger partial charge in [0.2, 0.25) is 5.91 Å². The Morgan fingerprint density at radius 1 is 1.24 bits per heavy atom. The summed E-state index contributed by atoms with van der Waals surface area (Å²) in [6.07, 6.45) is 1.96. The first-order valence-electron chi connectivity index (χ1n) is 8.22. The highest BCUT2D eigenvalue weighted by molar-refractivity contribution is 7.99. The van der Waals surface area contributed by atoms with Crippen LogP contribution in [0.2, 0.25) is 0 Å². The molecule has 3 rings (SSSR count). The molecule has 1 saturated heterocycles. The fraction of sp³-hybridized carbons (Fsp3) is 0.333. The molecule has 1 fully saturated rings. The third kappa shape index (κ3) is 5.37. The average molecular weight is 359 g/mol. The van der Waals surface area contributed by atoms with Gasteiger partial charge in [0.05, 0.1) is 6.26 Å². The van der Waals surface area contributed by atoms with Crippen molar-refractivity contribution in [2.75, 3.05) is 23.4 Å². The summed E-state index contributed by atoms with van der Waals surface area (Å²) in [6, 6.07) is 10.9. The van der Waals surface area contributed by atoms with Gasteiger partial charge in [-0.2, -0.15) is 11.8 Å². The highest BCUT2D eigenvalue weighted by Crippen LogP contribution is 2.13. The Hall–Kier alpha value is -2.25. The van der Waals surface area contributed by atoms with Crippen molar-refractivity contribution in [3.63, 3.8) is 0 Å². The van der Waals surface area contributed by atoms with Crippen LogP contribution in [0.25, 0.3) is 0 Å². The van der Waals surface area contributed by atoms with E-state index >= 15 is 0 Å². The summed E-state index contributed by atoms with van der Waals surface area (Å²) in [4.78, 5) is 23.9. The van der Waals surface area contributed by atoms with Crippen molar-refractivity contribution in [1.29, 1.82) is 0 Å². The number of amides is 2. The van der Waals surface area contributed by atoms with Crippen molar-refractivity contribution in [3.05, 3.63) is 54.0 Å². The van der Waals surface area contributed by atoms with Crippen LogP contribution in [0.4, 0.5) is 5.69 Å². The third-order valence-corrected chi connectivity index (χ3v) is 5.01. The molecule has 2 heterocycles. The van der Waals surface area contributed by atoms with E-state index in [0.717, 1.165) is 23.6 Å². The molecule has 1 atom stereocenters. The minimum absolute atomic E-state index is 0.0511. The van der Waals surface area contributed by atoms with E-state index in [-0.39, 0.29) is 23.6 Å². The molecule has 1 aliphatic rings. The zero-order valence-corrected chi connectivity index (χ0v) is 14.6. The molecule has 7 heteroatoms. The molecule has 0 aliphatic carbocycles. The molecular weight excluding hydrogens is 338 g/mol. The van der Waals surface area contributed by atoms with E-state index in [9.17, 15) is 9.59 Å². The summed E-state index contributed by atoms with van der Waals surface area (Å²) in [5, 5.41) is 9.05. The van der Waals surface area contributed by atoms with Gasteiger partial charge in [0.25, 0.3) is 5.91 Å². The molecule has 132 valence electrons. The van der Waals surface area contributed by atoms with E-state index in [1.54, 1.807) is 12.1 Å². The monoisotopic (exact) mass is 359 g/mol. The SMILES string of the molecule is O=C(CC1CSCCN1)NCc1ccc(NC(=O)c2ccco2)cc1. The number of carbonyl (C=O) groups excluding carboxylic acids is 2. The Labute approximate surface area is 150 Å². The van der Waals surface area contributed by atoms with Gasteiger partial charge in [-0.1, -0.05) is 12.1 Å². The fourth-order valence-corrected chi connectivity index (χ4v) is 3.50. The minimum Gasteiger partial charge on any atom is -0.459 e. The number of furan rings is 1. The van der Waals surface area contributed by atoms with Crippen LogP contribution in [-0.2, 0) is 11.3 Å². The van der Waals surface area contributed by atoms with Gasteiger partial charge in [0.15, 0.2) is 5.76 Å². The molecule has 1 unspecified atom stereocenters. The topological polar surface area (TPSA) is 83.4 Å². The van der Waals surface area contributed by atoms with Crippen molar-refractivity contribution < 1.29 is 14.0 Å². The number of hydrogen-bond acceptors (Lipinski definition) is 5. The van der Waals surface area contributed by atoms with Crippen LogP contribution >= 0.6 is 11.8 Å². The lowest BCUT2D eigenvalue weighted by Gasteiger charge is -2.22. The standard InChI is InChI=1S/C18H21N3O3S/c22-17(10-15-12-25-9-7-19-15)20-11-13-3-5-14(6-4-13)21-18(23)16-2-1-8-24-16/h1-6,8,15,19H,7,9-12H2,(H,20,22)(H,21,23). The van der Waals surface area contributed by atoms with Crippen LogP contribution < -0.4 is 16.0 Å². The van der Waals surface area contributed by atoms with Crippen molar-refractivity contribution in [3.8, 4) is 0 Å². The van der Waals surface area contributed by atoms with Gasteiger partial charge < -0.3 is 20.4 Å². The fourth-order valence-electron chi connectivity index (χ4n) is 2.55. The third-order valence-electron chi connectivity index (χ3n) is 3.88. The molecule has 2 aromatic rings. The van der Waals surface area contributed by atoms with Gasteiger partial charge in [-0.15, -0.1) is 0 Å². The second-order valence-corrected chi connectivity index (χ2v) is 6.98. The van der Waals surface area contributed by atoms with Gasteiger partial charge in [0.1, 0.15) is 0 Å². The second-order valence-electron chi connectivity index (χ2n) is 5.84. The van der Waals surface area contributed by atoms with Crippen LogP contribution in [-0.4, -0.2) is 35.9 Å². The number of thioether (sulfide) groups is 1. The summed E-state index contributed by atoms with van der Waals surface area (Å²) >= 11 is 1.88. The quantitative estimate of drug-likeness (QED) is 0.737. The zero-order chi connectivity index (χ0) is 17.5. The summed E-state index contributed by atoms with van der Waals surface area (Å²) < 4.78 is 5.05. The summed E-state index contributed by atoms with van der Waals surface area (Å²) in [7, 11) is 0. The van der Waals surface area contributed by atoms with Gasteiger partial charge in [-0.25, -0.2) is 0 Å². The van der Waals surface area contributed by atoms with Crippen LogP contribution in [0, 0.1) is 0 Å². The van der Waals surface area contributed by atoms with Gasteiger partial charge in [0, 0.05) is 42.7 Å². The van der Waals surface area contributed by atoms with E-state index in [0.29, 0.717) is 18.7 Å². The Kier molecular flexibility index (Phi) is 6.14. The number of rotatable bonds is 6. The van der Waals surface area contributed by atoms with Crippen LogP contribution in [0.15, 0.2) is 47.1 Å². The van der Waals surface area contributed by atoms with Crippen LogP contribution in [0.5, 0.6) is 0 Å². The lowest BCUT2D eigenvalue weighted by molar-refractivity contribution is -0.121. The molecule has 0 radical (unpaired) electrons. The summed E-state index contributed by atoms with van der Waals surface area (Å²) in [6.45, 7) is 1.44. The normalized spacial score (nSPS) is 17.0. The first kappa shape index (κ1) is 17.6. The summed E-state index contributed by atoms with van der Waals surface area (Å²) in [5.74, 6) is 2.13. The molecule has 3 N–H and O–H groups in total.